The predicted molar refractivity (Wildman–Crippen MR) is 102 cm³/mol. The Morgan fingerprint density at radius 3 is 2.04 bits per heavy atom. The number of quaternary nitrogens is 1. The molecule has 0 atom stereocenters. The lowest BCUT2D eigenvalue weighted by molar-refractivity contribution is -0.870. The van der Waals surface area contributed by atoms with Crippen molar-refractivity contribution in [3.8, 4) is 17.2 Å². The van der Waals surface area contributed by atoms with Gasteiger partial charge in [-0.3, -0.25) is 0 Å². The maximum absolute atomic E-state index is 12.3. The number of carbonyl (C=O) groups is 1. The van der Waals surface area contributed by atoms with Crippen LogP contribution in [-0.2, 0) is 4.74 Å². The lowest BCUT2D eigenvalue weighted by atomic mass is 10.1. The second kappa shape index (κ2) is 13.0. The van der Waals surface area contributed by atoms with Gasteiger partial charge in [-0.25, -0.2) is 4.79 Å². The van der Waals surface area contributed by atoms with Crippen LogP contribution in [0.4, 0.5) is 0 Å². The van der Waals surface area contributed by atoms with Gasteiger partial charge in [-0.05, 0) is 18.6 Å². The Kier molecular flexibility index (Phi) is 12.5. The van der Waals surface area contributed by atoms with Crippen molar-refractivity contribution in [1.82, 2.24) is 0 Å². The van der Waals surface area contributed by atoms with Crippen LogP contribution in [-0.4, -0.2) is 65.6 Å². The SMILES string of the molecule is CCCCCCOc1c(OC)cc(C(=O)OCC[N+](C)(C)C)cc1OC.[I-]. The summed E-state index contributed by atoms with van der Waals surface area (Å²) in [5.74, 6) is 1.07. The van der Waals surface area contributed by atoms with Crippen LogP contribution in [0.15, 0.2) is 12.1 Å². The zero-order valence-corrected chi connectivity index (χ0v) is 19.6. The van der Waals surface area contributed by atoms with Crippen LogP contribution in [0.25, 0.3) is 0 Å². The second-order valence-electron chi connectivity index (χ2n) is 7.27. The number of benzene rings is 1. The molecule has 156 valence electrons. The highest BCUT2D eigenvalue weighted by atomic mass is 127. The molecule has 0 radical (unpaired) electrons. The predicted octanol–water partition coefficient (Wildman–Crippen LogP) is 0.530. The van der Waals surface area contributed by atoms with Crippen LogP contribution in [0.2, 0.25) is 0 Å². The number of esters is 1. The summed E-state index contributed by atoms with van der Waals surface area (Å²) in [6.45, 7) is 3.84. The monoisotopic (exact) mass is 495 g/mol. The summed E-state index contributed by atoms with van der Waals surface area (Å²) >= 11 is 0. The van der Waals surface area contributed by atoms with Crippen molar-refractivity contribution in [1.29, 1.82) is 0 Å². The Morgan fingerprint density at radius 2 is 1.56 bits per heavy atom. The minimum Gasteiger partial charge on any atom is -1.00 e. The minimum atomic E-state index is -0.399. The molecular weight excluding hydrogens is 461 g/mol. The quantitative estimate of drug-likeness (QED) is 0.183. The number of nitrogens with zero attached hydrogens (tertiary/aromatic N) is 1. The van der Waals surface area contributed by atoms with E-state index in [1.165, 1.54) is 12.8 Å². The average Bonchev–Trinajstić information content (AvgIpc) is 2.59. The van der Waals surface area contributed by atoms with Gasteiger partial charge in [0, 0.05) is 0 Å². The third-order valence-corrected chi connectivity index (χ3v) is 3.94. The molecule has 1 aromatic carbocycles. The third-order valence-electron chi connectivity index (χ3n) is 3.94. The van der Waals surface area contributed by atoms with Crippen LogP contribution >= 0.6 is 0 Å². The van der Waals surface area contributed by atoms with Crippen molar-refractivity contribution in [3.63, 3.8) is 0 Å². The largest absolute Gasteiger partial charge is 1.00 e. The van der Waals surface area contributed by atoms with Crippen LogP contribution < -0.4 is 38.2 Å². The molecule has 1 aromatic rings. The van der Waals surface area contributed by atoms with Crippen molar-refractivity contribution in [3.05, 3.63) is 17.7 Å². The molecule has 0 spiro atoms. The van der Waals surface area contributed by atoms with E-state index in [0.29, 0.717) is 36.0 Å². The van der Waals surface area contributed by atoms with Crippen molar-refractivity contribution < 1.29 is 52.2 Å². The molecule has 1 rings (SSSR count). The van der Waals surface area contributed by atoms with Crippen molar-refractivity contribution in [2.24, 2.45) is 0 Å². The Balaban J connectivity index is 0.00000676. The van der Waals surface area contributed by atoms with Gasteiger partial charge >= 0.3 is 5.97 Å². The first-order valence-electron chi connectivity index (χ1n) is 9.18. The first-order chi connectivity index (χ1) is 12.3. The molecule has 0 aliphatic heterocycles. The smallest absolute Gasteiger partial charge is 0.338 e. The van der Waals surface area contributed by atoms with E-state index < -0.39 is 5.97 Å². The Bertz CT molecular complexity index is 547. The number of hydrogen-bond donors (Lipinski definition) is 0. The van der Waals surface area contributed by atoms with E-state index in [1.807, 2.05) is 21.1 Å². The van der Waals surface area contributed by atoms with Gasteiger partial charge in [-0.2, -0.15) is 0 Å². The summed E-state index contributed by atoms with van der Waals surface area (Å²) in [6.07, 6.45) is 4.46. The number of halogens is 1. The molecule has 0 fully saturated rings. The van der Waals surface area contributed by atoms with Crippen molar-refractivity contribution in [2.75, 3.05) is 55.1 Å². The summed E-state index contributed by atoms with van der Waals surface area (Å²) < 4.78 is 22.7. The minimum absolute atomic E-state index is 0. The number of methoxy groups -OCH3 is 2. The number of likely N-dealkylation sites (N-methyl/N-ethyl adjacent to an activating group) is 1. The molecule has 27 heavy (non-hydrogen) atoms. The first-order valence-corrected chi connectivity index (χ1v) is 9.18. The maximum atomic E-state index is 12.3. The number of carbonyl (C=O) groups excluding carboxylic acids is 1. The Morgan fingerprint density at radius 1 is 0.963 bits per heavy atom. The third kappa shape index (κ3) is 9.51. The van der Waals surface area contributed by atoms with E-state index in [-0.39, 0.29) is 24.0 Å². The number of rotatable bonds is 12. The van der Waals surface area contributed by atoms with Crippen molar-refractivity contribution >= 4 is 5.97 Å². The first kappa shape index (κ1) is 25.8. The van der Waals surface area contributed by atoms with Crippen molar-refractivity contribution in [2.45, 2.75) is 32.6 Å². The van der Waals surface area contributed by atoms with E-state index in [1.54, 1.807) is 26.4 Å². The molecule has 0 saturated heterocycles. The van der Waals surface area contributed by atoms with Gasteiger partial charge in [0.25, 0.3) is 0 Å². The summed E-state index contributed by atoms with van der Waals surface area (Å²) in [7, 11) is 9.24. The molecule has 0 heterocycles. The van der Waals surface area contributed by atoms with Gasteiger partial charge in [-0.1, -0.05) is 26.2 Å². The van der Waals surface area contributed by atoms with E-state index in [4.69, 9.17) is 18.9 Å². The summed E-state index contributed by atoms with van der Waals surface area (Å²) in [5.41, 5.74) is 0.387. The molecule has 6 nitrogen and oxygen atoms in total. The van der Waals surface area contributed by atoms with Crippen LogP contribution in [0.5, 0.6) is 17.2 Å². The molecule has 0 unspecified atom stereocenters. The topological polar surface area (TPSA) is 54.0 Å². The molecule has 0 amide bonds. The molecule has 0 bridgehead atoms. The highest BCUT2D eigenvalue weighted by Crippen LogP contribution is 2.39. The van der Waals surface area contributed by atoms with E-state index in [2.05, 4.69) is 6.92 Å². The zero-order valence-electron chi connectivity index (χ0n) is 17.5. The molecule has 0 N–H and O–H groups in total. The fourth-order valence-electron chi connectivity index (χ4n) is 2.34. The van der Waals surface area contributed by atoms with Gasteiger partial charge in [0.15, 0.2) is 11.5 Å². The lowest BCUT2D eigenvalue weighted by Gasteiger charge is -2.23. The standard InChI is InChI=1S/C20H34NO5.HI/c1-7-8-9-10-12-25-19-17(23-5)14-16(15-18(19)24-6)20(22)26-13-11-21(2,3)4;/h14-15H,7-13H2,1-6H3;1H/q+1;/p-1. The Labute approximate surface area is 180 Å². The summed E-state index contributed by atoms with van der Waals surface area (Å²) in [5, 5.41) is 0. The highest BCUT2D eigenvalue weighted by molar-refractivity contribution is 5.91. The number of unbranched alkanes of at least 4 members (excludes halogenated alkanes) is 3. The summed E-state index contributed by atoms with van der Waals surface area (Å²) in [4.78, 5) is 12.3. The highest BCUT2D eigenvalue weighted by Gasteiger charge is 2.19. The fourth-order valence-corrected chi connectivity index (χ4v) is 2.34. The fraction of sp³-hybridized carbons (Fsp3) is 0.650. The lowest BCUT2D eigenvalue weighted by Crippen LogP contribution is -3.00. The second-order valence-corrected chi connectivity index (χ2v) is 7.27. The van der Waals surface area contributed by atoms with Crippen LogP contribution in [0.1, 0.15) is 43.0 Å². The van der Waals surface area contributed by atoms with Gasteiger partial charge in [0.2, 0.25) is 5.75 Å². The van der Waals surface area contributed by atoms with Crippen LogP contribution in [0, 0.1) is 0 Å². The maximum Gasteiger partial charge on any atom is 0.338 e. The molecule has 0 aliphatic rings. The molecule has 0 aliphatic carbocycles. The molecule has 0 aromatic heterocycles. The van der Waals surface area contributed by atoms with E-state index in [9.17, 15) is 4.79 Å². The van der Waals surface area contributed by atoms with E-state index >= 15 is 0 Å². The number of hydrogen-bond acceptors (Lipinski definition) is 5. The van der Waals surface area contributed by atoms with Gasteiger partial charge in [0.05, 0.1) is 47.5 Å². The van der Waals surface area contributed by atoms with Gasteiger partial charge in [0.1, 0.15) is 13.2 Å². The molecular formula is C20H34INO5. The summed E-state index contributed by atoms with van der Waals surface area (Å²) in [6, 6.07) is 3.27. The van der Waals surface area contributed by atoms with Gasteiger partial charge in [-0.15, -0.1) is 0 Å². The Hall–Kier alpha value is -1.22. The van der Waals surface area contributed by atoms with Gasteiger partial charge < -0.3 is 47.4 Å². The van der Waals surface area contributed by atoms with Crippen LogP contribution in [0.3, 0.4) is 0 Å². The number of ether oxygens (including phenoxy) is 4. The zero-order chi connectivity index (χ0) is 19.6. The normalized spacial score (nSPS) is 10.7. The molecule has 7 heteroatoms. The van der Waals surface area contributed by atoms with E-state index in [0.717, 1.165) is 23.9 Å². The molecule has 0 saturated carbocycles. The average molecular weight is 495 g/mol.